The van der Waals surface area contributed by atoms with Gasteiger partial charge in [0, 0.05) is 22.4 Å². The zero-order chi connectivity index (χ0) is 14.6. The molecule has 0 radical (unpaired) electrons. The summed E-state index contributed by atoms with van der Waals surface area (Å²) in [5.41, 5.74) is 0.783. The Hall–Kier alpha value is -1.19. The number of sulfonamides is 1. The standard InChI is InChI=1S/C13H13IN2O3S/c1-19-13-8-10(6-7-15-13)9-16-20(17,18)12-4-2-11(14)3-5-12/h2-8,16H,9H2,1H3. The largest absolute Gasteiger partial charge is 0.481 e. The molecule has 0 aliphatic rings. The third-order valence-corrected chi connectivity index (χ3v) is 4.73. The molecule has 0 saturated carbocycles. The van der Waals surface area contributed by atoms with Crippen LogP contribution in [0.15, 0.2) is 47.5 Å². The predicted octanol–water partition coefficient (Wildman–Crippen LogP) is 2.17. The molecule has 0 amide bonds. The number of ether oxygens (including phenoxy) is 1. The first kappa shape index (κ1) is 15.2. The molecule has 0 aliphatic heterocycles. The third-order valence-electron chi connectivity index (χ3n) is 2.60. The van der Waals surface area contributed by atoms with Crippen LogP contribution in [0.2, 0.25) is 0 Å². The summed E-state index contributed by atoms with van der Waals surface area (Å²) in [5, 5.41) is 0. The van der Waals surface area contributed by atoms with Gasteiger partial charge in [-0.2, -0.15) is 0 Å². The minimum Gasteiger partial charge on any atom is -0.481 e. The minimum absolute atomic E-state index is 0.188. The summed E-state index contributed by atoms with van der Waals surface area (Å²) in [7, 11) is -1.99. The van der Waals surface area contributed by atoms with E-state index in [2.05, 4.69) is 32.3 Å². The second-order valence-corrected chi connectivity index (χ2v) is 7.00. The lowest BCUT2D eigenvalue weighted by Gasteiger charge is -2.07. The average Bonchev–Trinajstić information content (AvgIpc) is 2.46. The molecule has 20 heavy (non-hydrogen) atoms. The SMILES string of the molecule is COc1cc(CNS(=O)(=O)c2ccc(I)cc2)ccn1. The van der Waals surface area contributed by atoms with Crippen LogP contribution in [0.3, 0.4) is 0 Å². The van der Waals surface area contributed by atoms with Gasteiger partial charge in [0.15, 0.2) is 0 Å². The lowest BCUT2D eigenvalue weighted by molar-refractivity contribution is 0.397. The van der Waals surface area contributed by atoms with E-state index in [1.807, 2.05) is 0 Å². The predicted molar refractivity (Wildman–Crippen MR) is 84.0 cm³/mol. The smallest absolute Gasteiger partial charge is 0.240 e. The molecule has 0 spiro atoms. The van der Waals surface area contributed by atoms with Crippen molar-refractivity contribution in [2.45, 2.75) is 11.4 Å². The molecule has 0 unspecified atom stereocenters. The van der Waals surface area contributed by atoms with Crippen molar-refractivity contribution in [3.05, 3.63) is 51.7 Å². The summed E-state index contributed by atoms with van der Waals surface area (Å²) in [6, 6.07) is 10.1. The van der Waals surface area contributed by atoms with Gasteiger partial charge in [-0.1, -0.05) is 0 Å². The van der Waals surface area contributed by atoms with Crippen molar-refractivity contribution >= 4 is 32.6 Å². The number of hydrogen-bond donors (Lipinski definition) is 1. The van der Waals surface area contributed by atoms with Gasteiger partial charge in [0.05, 0.1) is 12.0 Å². The highest BCUT2D eigenvalue weighted by Crippen LogP contribution is 2.13. The van der Waals surface area contributed by atoms with E-state index >= 15 is 0 Å². The Morgan fingerprint density at radius 3 is 2.60 bits per heavy atom. The molecule has 1 heterocycles. The zero-order valence-electron chi connectivity index (χ0n) is 10.7. The monoisotopic (exact) mass is 404 g/mol. The van der Waals surface area contributed by atoms with Crippen LogP contribution in [0.25, 0.3) is 0 Å². The summed E-state index contributed by atoms with van der Waals surface area (Å²) in [6.45, 7) is 0.188. The molecule has 1 N–H and O–H groups in total. The molecular formula is C13H13IN2O3S. The Morgan fingerprint density at radius 1 is 1.25 bits per heavy atom. The maximum Gasteiger partial charge on any atom is 0.240 e. The van der Waals surface area contributed by atoms with Crippen LogP contribution < -0.4 is 9.46 Å². The highest BCUT2D eigenvalue weighted by atomic mass is 127. The van der Waals surface area contributed by atoms with Crippen LogP contribution in [0.5, 0.6) is 5.88 Å². The molecule has 1 aromatic heterocycles. The molecule has 2 aromatic rings. The Morgan fingerprint density at radius 2 is 1.95 bits per heavy atom. The number of aromatic nitrogens is 1. The summed E-state index contributed by atoms with van der Waals surface area (Å²) in [4.78, 5) is 4.22. The molecule has 5 nitrogen and oxygen atoms in total. The molecule has 106 valence electrons. The quantitative estimate of drug-likeness (QED) is 0.776. The molecule has 0 fully saturated rings. The number of rotatable bonds is 5. The molecule has 1 aromatic carbocycles. The normalized spacial score (nSPS) is 11.3. The van der Waals surface area contributed by atoms with Crippen LogP contribution in [0, 0.1) is 3.57 Å². The van der Waals surface area contributed by atoms with E-state index in [1.165, 1.54) is 7.11 Å². The van der Waals surface area contributed by atoms with E-state index in [0.717, 1.165) is 9.13 Å². The summed E-state index contributed by atoms with van der Waals surface area (Å²) >= 11 is 2.13. The second kappa shape index (κ2) is 6.51. The van der Waals surface area contributed by atoms with Gasteiger partial charge >= 0.3 is 0 Å². The van der Waals surface area contributed by atoms with E-state index in [1.54, 1.807) is 42.6 Å². The van der Waals surface area contributed by atoms with E-state index in [9.17, 15) is 8.42 Å². The Labute approximate surface area is 131 Å². The molecule has 0 aliphatic carbocycles. The van der Waals surface area contributed by atoms with Crippen molar-refractivity contribution in [1.82, 2.24) is 9.71 Å². The Balaban J connectivity index is 2.10. The first-order valence-corrected chi connectivity index (χ1v) is 8.31. The van der Waals surface area contributed by atoms with Crippen LogP contribution in [-0.4, -0.2) is 20.5 Å². The number of nitrogens with one attached hydrogen (secondary N) is 1. The van der Waals surface area contributed by atoms with Crippen LogP contribution in [0.4, 0.5) is 0 Å². The van der Waals surface area contributed by atoms with E-state index in [0.29, 0.717) is 5.88 Å². The fourth-order valence-electron chi connectivity index (χ4n) is 1.55. The fourth-order valence-corrected chi connectivity index (χ4v) is 2.92. The van der Waals surface area contributed by atoms with Gasteiger partial charge in [0.25, 0.3) is 0 Å². The topological polar surface area (TPSA) is 68.3 Å². The van der Waals surface area contributed by atoms with Gasteiger partial charge in [-0.15, -0.1) is 0 Å². The maximum absolute atomic E-state index is 12.1. The summed E-state index contributed by atoms with van der Waals surface area (Å²) < 4.78 is 32.8. The van der Waals surface area contributed by atoms with E-state index in [-0.39, 0.29) is 11.4 Å². The van der Waals surface area contributed by atoms with Crippen molar-refractivity contribution < 1.29 is 13.2 Å². The Kier molecular flexibility index (Phi) is 4.95. The molecule has 0 bridgehead atoms. The zero-order valence-corrected chi connectivity index (χ0v) is 13.7. The highest BCUT2D eigenvalue weighted by molar-refractivity contribution is 14.1. The molecule has 0 atom stereocenters. The van der Waals surface area contributed by atoms with Crippen molar-refractivity contribution in [3.63, 3.8) is 0 Å². The van der Waals surface area contributed by atoms with Crippen LogP contribution in [0.1, 0.15) is 5.56 Å². The Bertz CT molecular complexity index is 687. The lowest BCUT2D eigenvalue weighted by Crippen LogP contribution is -2.23. The maximum atomic E-state index is 12.1. The van der Waals surface area contributed by atoms with Gasteiger partial charge < -0.3 is 4.74 Å². The third kappa shape index (κ3) is 3.90. The number of methoxy groups -OCH3 is 1. The summed E-state index contributed by atoms with van der Waals surface area (Å²) in [6.07, 6.45) is 1.58. The van der Waals surface area contributed by atoms with Crippen LogP contribution in [-0.2, 0) is 16.6 Å². The number of pyridine rings is 1. The summed E-state index contributed by atoms with van der Waals surface area (Å²) in [5.74, 6) is 0.455. The van der Waals surface area contributed by atoms with Gasteiger partial charge in [0.2, 0.25) is 15.9 Å². The number of nitrogens with zero attached hydrogens (tertiary/aromatic N) is 1. The van der Waals surface area contributed by atoms with Gasteiger partial charge in [-0.05, 0) is 58.5 Å². The van der Waals surface area contributed by atoms with Gasteiger partial charge in [-0.3, -0.25) is 0 Å². The van der Waals surface area contributed by atoms with Crippen molar-refractivity contribution in [2.75, 3.05) is 7.11 Å². The first-order valence-electron chi connectivity index (χ1n) is 5.75. The second-order valence-electron chi connectivity index (χ2n) is 3.98. The molecule has 7 heteroatoms. The van der Waals surface area contributed by atoms with Crippen LogP contribution >= 0.6 is 22.6 Å². The number of halogens is 1. The van der Waals surface area contributed by atoms with E-state index < -0.39 is 10.0 Å². The number of hydrogen-bond acceptors (Lipinski definition) is 4. The van der Waals surface area contributed by atoms with Crippen molar-refractivity contribution in [3.8, 4) is 5.88 Å². The van der Waals surface area contributed by atoms with Gasteiger partial charge in [0.1, 0.15) is 0 Å². The van der Waals surface area contributed by atoms with E-state index in [4.69, 9.17) is 4.74 Å². The molecular weight excluding hydrogens is 391 g/mol. The lowest BCUT2D eigenvalue weighted by atomic mass is 10.3. The first-order chi connectivity index (χ1) is 9.51. The van der Waals surface area contributed by atoms with Crippen molar-refractivity contribution in [1.29, 1.82) is 0 Å². The fraction of sp³-hybridized carbons (Fsp3) is 0.154. The van der Waals surface area contributed by atoms with Crippen molar-refractivity contribution in [2.24, 2.45) is 0 Å². The molecule has 0 saturated heterocycles. The highest BCUT2D eigenvalue weighted by Gasteiger charge is 2.13. The number of benzene rings is 1. The average molecular weight is 404 g/mol. The van der Waals surface area contributed by atoms with Gasteiger partial charge in [-0.25, -0.2) is 18.1 Å². The molecule has 2 rings (SSSR count). The minimum atomic E-state index is -3.51.